The standard InChI is InChI=1S/C24H31F2N6O3.3C4H9.Sn/c1-23(2,3)35-22(33)31-9-7-30(8-10-31)20-17-12-27-13-18(26)19(17)28-21(29-20)34-15-24-5-4-6-32(24)14-16(25)11-24;3*1-3-4-2;/h12,16H,4-11,14-15H2,1-3H3;3*1,3-4H2,2H3;/t16-,24+;;;;/m1..../s1. The summed E-state index contributed by atoms with van der Waals surface area (Å²) < 4.78 is 47.7. The number of fused-ring (bicyclic) bond motifs is 2. The van der Waals surface area contributed by atoms with Gasteiger partial charge in [-0.15, -0.1) is 0 Å². The van der Waals surface area contributed by atoms with Crippen molar-refractivity contribution >= 4 is 44.9 Å². The van der Waals surface area contributed by atoms with Crippen LogP contribution < -0.4 is 13.3 Å². The number of unbranched alkanes of at least 4 members (excludes halogenated alkanes) is 3. The first-order valence-corrected chi connectivity index (χ1v) is 26.0. The molecule has 0 unspecified atom stereocenters. The molecule has 0 aromatic carbocycles. The van der Waals surface area contributed by atoms with Crippen LogP contribution in [0.4, 0.5) is 19.4 Å². The summed E-state index contributed by atoms with van der Waals surface area (Å²) in [7, 11) is 0. The van der Waals surface area contributed by atoms with E-state index in [9.17, 15) is 9.18 Å². The molecular weight excluding hydrogens is 721 g/mol. The summed E-state index contributed by atoms with van der Waals surface area (Å²) in [4.78, 5) is 33.5. The number of carbonyl (C=O) groups is 1. The summed E-state index contributed by atoms with van der Waals surface area (Å²) >= 11 is -3.27. The predicted molar refractivity (Wildman–Crippen MR) is 190 cm³/mol. The number of carbonyl (C=O) groups excluding carboxylic acids is 1. The second-order valence-electron chi connectivity index (χ2n) is 15.4. The van der Waals surface area contributed by atoms with E-state index >= 15 is 4.39 Å². The van der Waals surface area contributed by atoms with Crippen molar-refractivity contribution in [1.29, 1.82) is 0 Å². The fourth-order valence-electron chi connectivity index (χ4n) is 8.05. The van der Waals surface area contributed by atoms with Crippen molar-refractivity contribution in [2.45, 2.75) is 130 Å². The molecule has 1 amide bonds. The SMILES string of the molecule is CCC[CH2][Sn]([CH2]CCC)([CH2]CCC)[c]1ncc2c(N3CCN(C(=O)OC(C)(C)C)CC3)nc(OC[C@@]34CCCN3C[C@H](F)C4)nc2c1F. The molecule has 0 aliphatic carbocycles. The van der Waals surface area contributed by atoms with Crippen LogP contribution in [0.3, 0.4) is 0 Å². The van der Waals surface area contributed by atoms with E-state index in [0.29, 0.717) is 54.1 Å². The van der Waals surface area contributed by atoms with Crippen LogP contribution in [0.5, 0.6) is 6.01 Å². The van der Waals surface area contributed by atoms with Gasteiger partial charge in [0.1, 0.15) is 0 Å². The van der Waals surface area contributed by atoms with Crippen molar-refractivity contribution in [2.75, 3.05) is 50.8 Å². The summed E-state index contributed by atoms with van der Waals surface area (Å²) in [6, 6.07) is 0.128. The summed E-state index contributed by atoms with van der Waals surface area (Å²) in [6.07, 6.45) is 9.47. The molecule has 268 valence electrons. The van der Waals surface area contributed by atoms with Gasteiger partial charge in [-0.2, -0.15) is 0 Å². The van der Waals surface area contributed by atoms with E-state index in [1.165, 1.54) is 0 Å². The van der Waals surface area contributed by atoms with E-state index < -0.39 is 30.1 Å². The Hall–Kier alpha value is -2.02. The Bertz CT molecular complexity index is 1380. The topological polar surface area (TPSA) is 83.9 Å². The molecule has 0 saturated carbocycles. The van der Waals surface area contributed by atoms with E-state index in [1.54, 1.807) is 4.90 Å². The second-order valence-corrected chi connectivity index (χ2v) is 28.4. The van der Waals surface area contributed by atoms with Gasteiger partial charge in [-0.1, -0.05) is 0 Å². The number of ether oxygens (including phenoxy) is 2. The van der Waals surface area contributed by atoms with Gasteiger partial charge in [-0.25, -0.2) is 0 Å². The monoisotopic (exact) mass is 780 g/mol. The number of anilines is 1. The number of pyridine rings is 1. The molecule has 0 bridgehead atoms. The number of piperazine rings is 1. The van der Waals surface area contributed by atoms with Gasteiger partial charge in [-0.05, 0) is 20.8 Å². The predicted octanol–water partition coefficient (Wildman–Crippen LogP) is 7.23. The van der Waals surface area contributed by atoms with Gasteiger partial charge in [0, 0.05) is 0 Å². The van der Waals surface area contributed by atoms with Crippen LogP contribution in [0.1, 0.15) is 99.3 Å². The van der Waals surface area contributed by atoms with Gasteiger partial charge in [0.05, 0.1) is 0 Å². The van der Waals surface area contributed by atoms with Crippen LogP contribution in [0.15, 0.2) is 6.20 Å². The fraction of sp³-hybridized carbons (Fsp3) is 0.778. The van der Waals surface area contributed by atoms with Crippen molar-refractivity contribution in [3.63, 3.8) is 0 Å². The molecule has 12 heteroatoms. The minimum absolute atomic E-state index is 0.128. The maximum absolute atomic E-state index is 17.2. The van der Waals surface area contributed by atoms with Crippen molar-refractivity contribution in [1.82, 2.24) is 24.8 Å². The molecule has 0 radical (unpaired) electrons. The summed E-state index contributed by atoms with van der Waals surface area (Å²) in [5.41, 5.74) is -0.674. The molecule has 3 aliphatic rings. The van der Waals surface area contributed by atoms with Gasteiger partial charge in [0.25, 0.3) is 0 Å². The van der Waals surface area contributed by atoms with Gasteiger partial charge >= 0.3 is 271 Å². The van der Waals surface area contributed by atoms with Crippen molar-refractivity contribution < 1.29 is 23.0 Å². The number of amides is 1. The second kappa shape index (κ2) is 15.9. The van der Waals surface area contributed by atoms with E-state index in [4.69, 9.17) is 24.4 Å². The van der Waals surface area contributed by atoms with Crippen LogP contribution in [0, 0.1) is 5.82 Å². The molecular formula is C36H58F2N6O3Sn. The zero-order valence-corrected chi connectivity index (χ0v) is 33.1. The van der Waals surface area contributed by atoms with Crippen molar-refractivity contribution in [3.8, 4) is 6.01 Å². The number of nitrogens with zero attached hydrogens (tertiary/aromatic N) is 6. The molecule has 3 saturated heterocycles. The maximum atomic E-state index is 17.2. The number of rotatable bonds is 14. The van der Waals surface area contributed by atoms with Crippen LogP contribution in [0.2, 0.25) is 13.3 Å². The van der Waals surface area contributed by atoms with Gasteiger partial charge in [-0.3, -0.25) is 0 Å². The average molecular weight is 780 g/mol. The van der Waals surface area contributed by atoms with Crippen LogP contribution >= 0.6 is 0 Å². The normalized spacial score (nSPS) is 22.0. The fourth-order valence-corrected chi connectivity index (χ4v) is 23.7. The third-order valence-corrected chi connectivity index (χ3v) is 25.7. The molecule has 5 rings (SSSR count). The first kappa shape index (κ1) is 37.2. The summed E-state index contributed by atoms with van der Waals surface area (Å²) in [5, 5.41) is 0.571. The molecule has 5 heterocycles. The molecule has 0 spiro atoms. The number of hydrogen-bond acceptors (Lipinski definition) is 8. The van der Waals surface area contributed by atoms with E-state index in [1.807, 2.05) is 27.0 Å². The Morgan fingerprint density at radius 3 is 2.25 bits per heavy atom. The molecule has 3 fully saturated rings. The molecule has 2 aromatic rings. The Balaban J connectivity index is 1.53. The van der Waals surface area contributed by atoms with E-state index in [0.717, 1.165) is 71.2 Å². The average Bonchev–Trinajstić information content (AvgIpc) is 3.58. The Morgan fingerprint density at radius 1 is 1.00 bits per heavy atom. The molecule has 2 atom stereocenters. The number of halogens is 2. The van der Waals surface area contributed by atoms with E-state index in [-0.39, 0.29) is 35.6 Å². The third kappa shape index (κ3) is 8.29. The number of alkyl halides is 1. The quantitative estimate of drug-likeness (QED) is 0.186. The Kier molecular flexibility index (Phi) is 12.3. The molecule has 0 N–H and O–H groups in total. The number of hydrogen-bond donors (Lipinski definition) is 0. The molecule has 2 aromatic heterocycles. The Labute approximate surface area is 290 Å². The van der Waals surface area contributed by atoms with Gasteiger partial charge < -0.3 is 0 Å². The van der Waals surface area contributed by atoms with Crippen molar-refractivity contribution in [3.05, 3.63) is 12.0 Å². The third-order valence-electron chi connectivity index (χ3n) is 10.6. The molecule has 9 nitrogen and oxygen atoms in total. The minimum atomic E-state index is -3.27. The molecule has 48 heavy (non-hydrogen) atoms. The van der Waals surface area contributed by atoms with Crippen LogP contribution in [0.25, 0.3) is 10.9 Å². The first-order valence-electron chi connectivity index (χ1n) is 18.6. The zero-order chi connectivity index (χ0) is 34.5. The first-order chi connectivity index (χ1) is 22.9. The molecule has 3 aliphatic heterocycles. The zero-order valence-electron chi connectivity index (χ0n) is 30.3. The van der Waals surface area contributed by atoms with Gasteiger partial charge in [0.15, 0.2) is 0 Å². The summed E-state index contributed by atoms with van der Waals surface area (Å²) in [6.45, 7) is 15.7. The Morgan fingerprint density at radius 2 is 1.65 bits per heavy atom. The van der Waals surface area contributed by atoms with Gasteiger partial charge in [0.2, 0.25) is 0 Å². The summed E-state index contributed by atoms with van der Waals surface area (Å²) in [5.74, 6) is 0.279. The number of aromatic nitrogens is 3. The van der Waals surface area contributed by atoms with E-state index in [2.05, 4.69) is 30.6 Å². The van der Waals surface area contributed by atoms with Crippen molar-refractivity contribution in [2.24, 2.45) is 0 Å². The van der Waals surface area contributed by atoms with Crippen LogP contribution in [-0.4, -0.2) is 112 Å². The van der Waals surface area contributed by atoms with Crippen LogP contribution in [-0.2, 0) is 4.74 Å².